The highest BCUT2D eigenvalue weighted by molar-refractivity contribution is 5.76. The van der Waals surface area contributed by atoms with Crippen LogP contribution in [0.5, 0.6) is 0 Å². The Balaban J connectivity index is 1.94. The molecule has 1 aliphatic rings. The van der Waals surface area contributed by atoms with Gasteiger partial charge in [0.25, 0.3) is 0 Å². The van der Waals surface area contributed by atoms with Crippen LogP contribution in [0.2, 0.25) is 0 Å². The number of carbonyl (C=O) groups is 1. The van der Waals surface area contributed by atoms with Gasteiger partial charge < -0.3 is 9.30 Å². The second kappa shape index (κ2) is 5.85. The molecule has 2 heterocycles. The normalized spacial score (nSPS) is 19.8. The molecule has 1 saturated heterocycles. The standard InChI is InChI=1S/C16H21N3O2/c1-18-13-8-4-3-7-12(13)17-16(18)14-9-5-6-10-19(14)11-15(20)21-2/h3-4,7-8,14H,5-6,9-11H2,1-2H3/t14-/m0/s1. The summed E-state index contributed by atoms with van der Waals surface area (Å²) in [7, 11) is 3.49. The number of likely N-dealkylation sites (tertiary alicyclic amines) is 1. The molecule has 1 aromatic carbocycles. The molecule has 0 spiro atoms. The van der Waals surface area contributed by atoms with Crippen molar-refractivity contribution in [2.45, 2.75) is 25.3 Å². The predicted octanol–water partition coefficient (Wildman–Crippen LogP) is 2.27. The van der Waals surface area contributed by atoms with Gasteiger partial charge in [0, 0.05) is 7.05 Å². The summed E-state index contributed by atoms with van der Waals surface area (Å²) in [5.41, 5.74) is 2.15. The van der Waals surface area contributed by atoms with Gasteiger partial charge in [-0.15, -0.1) is 0 Å². The number of esters is 1. The monoisotopic (exact) mass is 287 g/mol. The van der Waals surface area contributed by atoms with Crippen LogP contribution in [-0.4, -0.2) is 40.6 Å². The maximum Gasteiger partial charge on any atom is 0.319 e. The number of rotatable bonds is 3. The second-order valence-corrected chi connectivity index (χ2v) is 5.58. The van der Waals surface area contributed by atoms with Crippen molar-refractivity contribution in [1.29, 1.82) is 0 Å². The van der Waals surface area contributed by atoms with Crippen LogP contribution in [0.3, 0.4) is 0 Å². The first-order chi connectivity index (χ1) is 10.2. The van der Waals surface area contributed by atoms with Gasteiger partial charge in [0.15, 0.2) is 0 Å². The fourth-order valence-corrected chi connectivity index (χ4v) is 3.17. The minimum Gasteiger partial charge on any atom is -0.468 e. The zero-order valence-corrected chi connectivity index (χ0v) is 12.6. The molecule has 21 heavy (non-hydrogen) atoms. The third kappa shape index (κ3) is 2.65. The van der Waals surface area contributed by atoms with Crippen molar-refractivity contribution in [2.75, 3.05) is 20.2 Å². The van der Waals surface area contributed by atoms with Crippen LogP contribution in [0.4, 0.5) is 0 Å². The van der Waals surface area contributed by atoms with Crippen LogP contribution in [0.25, 0.3) is 11.0 Å². The summed E-state index contributed by atoms with van der Waals surface area (Å²) >= 11 is 0. The lowest BCUT2D eigenvalue weighted by Crippen LogP contribution is -2.38. The van der Waals surface area contributed by atoms with E-state index in [-0.39, 0.29) is 12.0 Å². The molecule has 2 aromatic rings. The fourth-order valence-electron chi connectivity index (χ4n) is 3.17. The molecule has 3 rings (SSSR count). The maximum absolute atomic E-state index is 11.6. The number of imidazole rings is 1. The molecule has 1 aromatic heterocycles. The fraction of sp³-hybridized carbons (Fsp3) is 0.500. The first kappa shape index (κ1) is 14.1. The summed E-state index contributed by atoms with van der Waals surface area (Å²) in [6.45, 7) is 1.26. The molecular formula is C16H21N3O2. The largest absolute Gasteiger partial charge is 0.468 e. The number of nitrogens with zero attached hydrogens (tertiary/aromatic N) is 3. The number of para-hydroxylation sites is 2. The maximum atomic E-state index is 11.6. The predicted molar refractivity (Wildman–Crippen MR) is 80.9 cm³/mol. The van der Waals surface area contributed by atoms with Crippen molar-refractivity contribution in [3.63, 3.8) is 0 Å². The zero-order valence-electron chi connectivity index (χ0n) is 12.6. The van der Waals surface area contributed by atoms with Gasteiger partial charge in [0.1, 0.15) is 5.82 Å². The number of methoxy groups -OCH3 is 1. The Morgan fingerprint density at radius 2 is 2.19 bits per heavy atom. The van der Waals surface area contributed by atoms with Crippen molar-refractivity contribution in [3.8, 4) is 0 Å². The number of aryl methyl sites for hydroxylation is 1. The van der Waals surface area contributed by atoms with Crippen molar-refractivity contribution in [2.24, 2.45) is 7.05 Å². The number of aromatic nitrogens is 2. The Morgan fingerprint density at radius 1 is 1.38 bits per heavy atom. The number of hydrogen-bond donors (Lipinski definition) is 0. The molecule has 1 fully saturated rings. The Labute approximate surface area is 124 Å². The van der Waals surface area contributed by atoms with E-state index in [0.29, 0.717) is 6.54 Å². The molecule has 0 amide bonds. The molecule has 0 aliphatic carbocycles. The molecule has 1 aliphatic heterocycles. The van der Waals surface area contributed by atoms with E-state index in [1.165, 1.54) is 13.5 Å². The summed E-state index contributed by atoms with van der Waals surface area (Å²) < 4.78 is 6.97. The topological polar surface area (TPSA) is 47.4 Å². The van der Waals surface area contributed by atoms with Crippen LogP contribution in [-0.2, 0) is 16.6 Å². The third-order valence-corrected chi connectivity index (χ3v) is 4.29. The van der Waals surface area contributed by atoms with Gasteiger partial charge in [-0.25, -0.2) is 4.98 Å². The zero-order chi connectivity index (χ0) is 14.8. The Kier molecular flexibility index (Phi) is 3.92. The van der Waals surface area contributed by atoms with Crippen LogP contribution in [0.1, 0.15) is 31.1 Å². The van der Waals surface area contributed by atoms with Crippen molar-refractivity contribution in [3.05, 3.63) is 30.1 Å². The van der Waals surface area contributed by atoms with E-state index in [1.807, 2.05) is 18.2 Å². The summed E-state index contributed by atoms with van der Waals surface area (Å²) in [5.74, 6) is 0.862. The van der Waals surface area contributed by atoms with Gasteiger partial charge in [-0.1, -0.05) is 18.6 Å². The minimum atomic E-state index is -0.180. The highest BCUT2D eigenvalue weighted by atomic mass is 16.5. The van der Waals surface area contributed by atoms with Gasteiger partial charge in [-0.2, -0.15) is 0 Å². The van der Waals surface area contributed by atoms with Gasteiger partial charge in [-0.05, 0) is 31.5 Å². The van der Waals surface area contributed by atoms with Gasteiger partial charge in [-0.3, -0.25) is 9.69 Å². The number of fused-ring (bicyclic) bond motifs is 1. The molecular weight excluding hydrogens is 266 g/mol. The molecule has 5 nitrogen and oxygen atoms in total. The number of piperidine rings is 1. The molecule has 1 atom stereocenters. The average Bonchev–Trinajstić information content (AvgIpc) is 2.85. The number of hydrogen-bond acceptors (Lipinski definition) is 4. The Hall–Kier alpha value is -1.88. The van der Waals surface area contributed by atoms with Gasteiger partial charge in [0.05, 0.1) is 30.7 Å². The van der Waals surface area contributed by atoms with Gasteiger partial charge >= 0.3 is 5.97 Å². The lowest BCUT2D eigenvalue weighted by Gasteiger charge is -2.34. The van der Waals surface area contributed by atoms with E-state index in [9.17, 15) is 4.79 Å². The second-order valence-electron chi connectivity index (χ2n) is 5.58. The summed E-state index contributed by atoms with van der Waals surface area (Å²) in [6.07, 6.45) is 3.33. The first-order valence-electron chi connectivity index (χ1n) is 7.43. The van der Waals surface area contributed by atoms with E-state index in [1.54, 1.807) is 0 Å². The molecule has 0 N–H and O–H groups in total. The van der Waals surface area contributed by atoms with Gasteiger partial charge in [0.2, 0.25) is 0 Å². The van der Waals surface area contributed by atoms with E-state index in [4.69, 9.17) is 9.72 Å². The quantitative estimate of drug-likeness (QED) is 0.813. The summed E-state index contributed by atoms with van der Waals surface area (Å²) in [5, 5.41) is 0. The summed E-state index contributed by atoms with van der Waals surface area (Å²) in [6, 6.07) is 8.34. The van der Waals surface area contributed by atoms with Crippen molar-refractivity contribution < 1.29 is 9.53 Å². The average molecular weight is 287 g/mol. The highest BCUT2D eigenvalue weighted by Gasteiger charge is 2.29. The van der Waals surface area contributed by atoms with Crippen LogP contribution in [0, 0.1) is 0 Å². The molecule has 0 bridgehead atoms. The number of benzene rings is 1. The molecule has 0 unspecified atom stereocenters. The molecule has 0 saturated carbocycles. The SMILES string of the molecule is COC(=O)CN1CCCC[C@H]1c1nc2ccccc2n1C. The van der Waals surface area contributed by atoms with Crippen LogP contribution in [0.15, 0.2) is 24.3 Å². The first-order valence-corrected chi connectivity index (χ1v) is 7.43. The van der Waals surface area contributed by atoms with E-state index >= 15 is 0 Å². The third-order valence-electron chi connectivity index (χ3n) is 4.29. The van der Waals surface area contributed by atoms with Crippen LogP contribution >= 0.6 is 0 Å². The molecule has 5 heteroatoms. The highest BCUT2D eigenvalue weighted by Crippen LogP contribution is 2.31. The number of carbonyl (C=O) groups excluding carboxylic acids is 1. The van der Waals surface area contributed by atoms with E-state index in [0.717, 1.165) is 36.2 Å². The Morgan fingerprint density at radius 3 is 2.95 bits per heavy atom. The number of ether oxygens (including phenoxy) is 1. The lowest BCUT2D eigenvalue weighted by molar-refractivity contribution is -0.143. The van der Waals surface area contributed by atoms with Crippen molar-refractivity contribution in [1.82, 2.24) is 14.5 Å². The van der Waals surface area contributed by atoms with E-state index < -0.39 is 0 Å². The molecule has 112 valence electrons. The Bertz CT molecular complexity index is 650. The summed E-state index contributed by atoms with van der Waals surface area (Å²) in [4.78, 5) is 18.6. The van der Waals surface area contributed by atoms with Crippen molar-refractivity contribution >= 4 is 17.0 Å². The smallest absolute Gasteiger partial charge is 0.319 e. The van der Waals surface area contributed by atoms with Crippen LogP contribution < -0.4 is 0 Å². The minimum absolute atomic E-state index is 0.180. The van der Waals surface area contributed by atoms with E-state index in [2.05, 4.69) is 22.6 Å². The lowest BCUT2D eigenvalue weighted by atomic mass is 10.0. The molecule has 0 radical (unpaired) electrons.